The van der Waals surface area contributed by atoms with E-state index in [0.717, 1.165) is 12.8 Å². The fourth-order valence-electron chi connectivity index (χ4n) is 3.32. The van der Waals surface area contributed by atoms with Gasteiger partial charge in [0.1, 0.15) is 6.10 Å². The van der Waals surface area contributed by atoms with E-state index in [9.17, 15) is 24.3 Å². The number of rotatable bonds is 11. The van der Waals surface area contributed by atoms with E-state index in [1.54, 1.807) is 6.92 Å². The second-order valence-electron chi connectivity index (χ2n) is 6.40. The van der Waals surface area contributed by atoms with Gasteiger partial charge in [-0.1, -0.05) is 19.3 Å². The minimum Gasteiger partial charge on any atom is -0.481 e. The van der Waals surface area contributed by atoms with Crippen LogP contribution in [0.2, 0.25) is 0 Å². The number of hydrogen-bond acceptors (Lipinski definition) is 6. The first-order chi connectivity index (χ1) is 11.8. The van der Waals surface area contributed by atoms with Crippen LogP contribution in [0.3, 0.4) is 0 Å². The van der Waals surface area contributed by atoms with Gasteiger partial charge in [0.25, 0.3) is 0 Å². The lowest BCUT2D eigenvalue weighted by molar-refractivity contribution is -0.153. The third kappa shape index (κ3) is 6.36. The highest BCUT2D eigenvalue weighted by Crippen LogP contribution is 2.38. The van der Waals surface area contributed by atoms with E-state index < -0.39 is 41.8 Å². The quantitative estimate of drug-likeness (QED) is 0.423. The second kappa shape index (κ2) is 10.0. The van der Waals surface area contributed by atoms with Gasteiger partial charge in [0, 0.05) is 12.3 Å². The average Bonchev–Trinajstić information content (AvgIpc) is 2.79. The first-order valence-electron chi connectivity index (χ1n) is 8.49. The first kappa shape index (κ1) is 20.9. The van der Waals surface area contributed by atoms with E-state index in [4.69, 9.17) is 9.84 Å². The van der Waals surface area contributed by atoms with Crippen molar-refractivity contribution in [2.24, 2.45) is 17.8 Å². The van der Waals surface area contributed by atoms with Gasteiger partial charge < -0.3 is 19.7 Å². The predicted molar refractivity (Wildman–Crippen MR) is 85.6 cm³/mol. The van der Waals surface area contributed by atoms with E-state index in [-0.39, 0.29) is 18.8 Å². The molecule has 1 saturated heterocycles. The van der Waals surface area contributed by atoms with E-state index in [2.05, 4.69) is 4.74 Å². The van der Waals surface area contributed by atoms with Gasteiger partial charge in [-0.2, -0.15) is 0 Å². The van der Waals surface area contributed by atoms with Crippen LogP contribution in [0, 0.1) is 17.8 Å². The Morgan fingerprint density at radius 1 is 1.16 bits per heavy atom. The van der Waals surface area contributed by atoms with Crippen molar-refractivity contribution in [2.45, 2.75) is 58.0 Å². The molecule has 0 saturated carbocycles. The molecule has 1 aliphatic heterocycles. The summed E-state index contributed by atoms with van der Waals surface area (Å²) in [6, 6.07) is 0. The minimum absolute atomic E-state index is 0.274. The number of hydrogen-bond donors (Lipinski definition) is 2. The number of carbonyl (C=O) groups is 4. The van der Waals surface area contributed by atoms with Gasteiger partial charge in [-0.25, -0.2) is 0 Å². The maximum atomic E-state index is 12.0. The highest BCUT2D eigenvalue weighted by atomic mass is 16.6. The van der Waals surface area contributed by atoms with Crippen molar-refractivity contribution in [3.8, 4) is 0 Å². The van der Waals surface area contributed by atoms with E-state index >= 15 is 0 Å². The third-order valence-electron chi connectivity index (χ3n) is 4.67. The molecule has 0 bridgehead atoms. The summed E-state index contributed by atoms with van der Waals surface area (Å²) < 4.78 is 9.63. The zero-order chi connectivity index (χ0) is 19.0. The van der Waals surface area contributed by atoms with Crippen molar-refractivity contribution >= 4 is 23.9 Å². The number of cyclic esters (lactones) is 1. The number of carbonyl (C=O) groups excluding carboxylic acids is 2. The highest BCUT2D eigenvalue weighted by molar-refractivity contribution is 5.83. The lowest BCUT2D eigenvalue weighted by atomic mass is 9.77. The number of unbranched alkanes of at least 4 members (excludes halogenated alkanes) is 3. The Bertz CT molecular complexity index is 501. The molecule has 4 unspecified atom stereocenters. The monoisotopic (exact) mass is 358 g/mol. The average molecular weight is 358 g/mol. The van der Waals surface area contributed by atoms with Crippen LogP contribution in [0.25, 0.3) is 0 Å². The number of carboxylic acids is 2. The molecule has 0 aromatic carbocycles. The molecule has 0 radical (unpaired) electrons. The smallest absolute Gasteiger partial charge is 0.310 e. The summed E-state index contributed by atoms with van der Waals surface area (Å²) in [5.74, 6) is -5.61. The number of carboxylic acid groups (broad SMARTS) is 2. The number of aliphatic carboxylic acids is 2. The van der Waals surface area contributed by atoms with Gasteiger partial charge >= 0.3 is 23.9 Å². The number of methoxy groups -OCH3 is 1. The van der Waals surface area contributed by atoms with Crippen molar-refractivity contribution in [2.75, 3.05) is 7.11 Å². The molecular formula is C17H26O8. The minimum atomic E-state index is -1.11. The highest BCUT2D eigenvalue weighted by Gasteiger charge is 2.49. The van der Waals surface area contributed by atoms with E-state index in [0.29, 0.717) is 19.3 Å². The summed E-state index contributed by atoms with van der Waals surface area (Å²) in [6.45, 7) is 1.59. The lowest BCUT2D eigenvalue weighted by Crippen LogP contribution is -2.33. The van der Waals surface area contributed by atoms with Gasteiger partial charge in [0.05, 0.1) is 25.4 Å². The molecule has 1 fully saturated rings. The molecule has 1 aliphatic rings. The Morgan fingerprint density at radius 2 is 1.80 bits per heavy atom. The van der Waals surface area contributed by atoms with Crippen LogP contribution in [0.4, 0.5) is 0 Å². The van der Waals surface area contributed by atoms with E-state index in [1.807, 2.05) is 0 Å². The van der Waals surface area contributed by atoms with Gasteiger partial charge in [-0.3, -0.25) is 19.2 Å². The molecule has 1 heterocycles. The van der Waals surface area contributed by atoms with Crippen LogP contribution in [-0.2, 0) is 28.7 Å². The Kier molecular flexibility index (Phi) is 8.37. The molecule has 25 heavy (non-hydrogen) atoms. The van der Waals surface area contributed by atoms with Gasteiger partial charge in [0.15, 0.2) is 0 Å². The summed E-state index contributed by atoms with van der Waals surface area (Å²) in [5.41, 5.74) is 0. The standard InChI is InChI=1S/C17H26O8/c1-10-12(9-13(18)19)15(17(23)25-10)11(16(21)22)7-5-3-4-6-8-14(20)24-2/h10-12,15H,3-9H2,1-2H3,(H,18,19)(H,21,22). The molecule has 0 aromatic rings. The lowest BCUT2D eigenvalue weighted by Gasteiger charge is -2.22. The molecule has 4 atom stereocenters. The van der Waals surface area contributed by atoms with Gasteiger partial charge in [-0.15, -0.1) is 0 Å². The molecule has 0 amide bonds. The zero-order valence-electron chi connectivity index (χ0n) is 14.6. The van der Waals surface area contributed by atoms with Crippen molar-refractivity contribution in [3.05, 3.63) is 0 Å². The van der Waals surface area contributed by atoms with Crippen LogP contribution < -0.4 is 0 Å². The number of esters is 2. The fraction of sp³-hybridized carbons (Fsp3) is 0.765. The van der Waals surface area contributed by atoms with Crippen LogP contribution in [-0.4, -0.2) is 47.3 Å². The van der Waals surface area contributed by atoms with Crippen molar-refractivity contribution in [3.63, 3.8) is 0 Å². The Balaban J connectivity index is 2.57. The normalized spacial score (nSPS) is 23.8. The van der Waals surface area contributed by atoms with Crippen molar-refractivity contribution < 1.29 is 38.9 Å². The molecule has 1 rings (SSSR count). The van der Waals surface area contributed by atoms with Crippen LogP contribution in [0.5, 0.6) is 0 Å². The van der Waals surface area contributed by atoms with Gasteiger partial charge in [0.2, 0.25) is 0 Å². The number of ether oxygens (including phenoxy) is 2. The van der Waals surface area contributed by atoms with Crippen LogP contribution in [0.1, 0.15) is 51.9 Å². The summed E-state index contributed by atoms with van der Waals surface area (Å²) >= 11 is 0. The molecule has 2 N–H and O–H groups in total. The Morgan fingerprint density at radius 3 is 2.36 bits per heavy atom. The zero-order valence-corrected chi connectivity index (χ0v) is 14.6. The van der Waals surface area contributed by atoms with Crippen molar-refractivity contribution in [1.82, 2.24) is 0 Å². The van der Waals surface area contributed by atoms with Crippen LogP contribution in [0.15, 0.2) is 0 Å². The topological polar surface area (TPSA) is 127 Å². The molecule has 8 heteroatoms. The molecular weight excluding hydrogens is 332 g/mol. The summed E-state index contributed by atoms with van der Waals surface area (Å²) in [4.78, 5) is 45.7. The SMILES string of the molecule is COC(=O)CCCCCCC(C(=O)O)C1C(=O)OC(C)C1CC(=O)O. The maximum Gasteiger partial charge on any atom is 0.310 e. The van der Waals surface area contributed by atoms with Crippen LogP contribution >= 0.6 is 0 Å². The maximum absolute atomic E-state index is 12.0. The Labute approximate surface area is 146 Å². The largest absolute Gasteiger partial charge is 0.481 e. The second-order valence-corrected chi connectivity index (χ2v) is 6.40. The molecule has 8 nitrogen and oxygen atoms in total. The van der Waals surface area contributed by atoms with Gasteiger partial charge in [-0.05, 0) is 19.8 Å². The summed E-state index contributed by atoms with van der Waals surface area (Å²) in [5, 5.41) is 18.5. The molecule has 142 valence electrons. The molecule has 0 aromatic heterocycles. The summed E-state index contributed by atoms with van der Waals surface area (Å²) in [6.07, 6.45) is 2.43. The molecule has 0 aliphatic carbocycles. The molecule has 0 spiro atoms. The fourth-order valence-corrected chi connectivity index (χ4v) is 3.32. The van der Waals surface area contributed by atoms with Crippen molar-refractivity contribution in [1.29, 1.82) is 0 Å². The third-order valence-corrected chi connectivity index (χ3v) is 4.67. The summed E-state index contributed by atoms with van der Waals surface area (Å²) in [7, 11) is 1.33. The first-order valence-corrected chi connectivity index (χ1v) is 8.49. The van der Waals surface area contributed by atoms with E-state index in [1.165, 1.54) is 7.11 Å². The predicted octanol–water partition coefficient (Wildman–Crippen LogP) is 1.85. The Hall–Kier alpha value is -2.12.